The normalized spacial score (nSPS) is 19.0. The molecule has 2 fully saturated rings. The number of aromatic nitrogens is 2. The SMILES string of the molecule is O=C(NO)c1ccc(Cn2ccc3cc(C4CCN(CC5(C(F)(F)F)CCC5)CC4)cnc32)cc1. The van der Waals surface area contributed by atoms with E-state index in [4.69, 9.17) is 10.2 Å². The van der Waals surface area contributed by atoms with Crippen LogP contribution in [0.1, 0.15) is 59.5 Å². The molecule has 0 atom stereocenters. The summed E-state index contributed by atoms with van der Waals surface area (Å²) in [6, 6.07) is 11.2. The number of halogens is 3. The van der Waals surface area contributed by atoms with E-state index < -0.39 is 17.5 Å². The Hall–Kier alpha value is -2.91. The summed E-state index contributed by atoms with van der Waals surface area (Å²) < 4.78 is 42.7. The van der Waals surface area contributed by atoms with Crippen molar-refractivity contribution in [3.05, 3.63) is 65.5 Å². The summed E-state index contributed by atoms with van der Waals surface area (Å²) >= 11 is 0. The minimum atomic E-state index is -4.11. The van der Waals surface area contributed by atoms with E-state index in [0.717, 1.165) is 35.0 Å². The first-order chi connectivity index (χ1) is 16.8. The molecule has 0 bridgehead atoms. The Morgan fingerprint density at radius 1 is 1.14 bits per heavy atom. The zero-order valence-electron chi connectivity index (χ0n) is 19.4. The van der Waals surface area contributed by atoms with Gasteiger partial charge in [0.1, 0.15) is 5.65 Å². The molecule has 0 unspecified atom stereocenters. The number of alkyl halides is 3. The molecule has 3 aromatic rings. The van der Waals surface area contributed by atoms with E-state index in [1.165, 1.54) is 0 Å². The molecule has 1 aliphatic heterocycles. The molecule has 5 rings (SSSR count). The smallest absolute Gasteiger partial charge is 0.328 e. The van der Waals surface area contributed by atoms with Crippen LogP contribution in [-0.2, 0) is 6.54 Å². The first-order valence-corrected chi connectivity index (χ1v) is 12.1. The van der Waals surface area contributed by atoms with E-state index in [-0.39, 0.29) is 19.4 Å². The average Bonchev–Trinajstić information content (AvgIpc) is 3.23. The second kappa shape index (κ2) is 9.28. The van der Waals surface area contributed by atoms with Crippen LogP contribution in [0.3, 0.4) is 0 Å². The maximum Gasteiger partial charge on any atom is 0.395 e. The molecule has 9 heteroatoms. The second-order valence-corrected chi connectivity index (χ2v) is 9.95. The molecule has 0 spiro atoms. The summed E-state index contributed by atoms with van der Waals surface area (Å²) in [6.07, 6.45) is 2.65. The van der Waals surface area contributed by atoms with Crippen LogP contribution in [0, 0.1) is 5.41 Å². The summed E-state index contributed by atoms with van der Waals surface area (Å²) in [7, 11) is 0. The van der Waals surface area contributed by atoms with Crippen LogP contribution >= 0.6 is 0 Å². The molecule has 1 saturated heterocycles. The van der Waals surface area contributed by atoms with E-state index in [2.05, 4.69) is 6.07 Å². The Kier molecular flexibility index (Phi) is 6.31. The molecule has 1 amide bonds. The topological polar surface area (TPSA) is 70.4 Å². The number of amides is 1. The fourth-order valence-corrected chi connectivity index (χ4v) is 5.46. The number of piperidine rings is 1. The number of nitrogens with one attached hydrogen (secondary N) is 1. The minimum Gasteiger partial charge on any atom is -0.328 e. The Bertz CT molecular complexity index is 1190. The first-order valence-electron chi connectivity index (χ1n) is 12.1. The van der Waals surface area contributed by atoms with Crippen LogP contribution in [0.4, 0.5) is 13.2 Å². The van der Waals surface area contributed by atoms with Gasteiger partial charge in [-0.3, -0.25) is 10.0 Å². The monoisotopic (exact) mass is 486 g/mol. The van der Waals surface area contributed by atoms with Crippen molar-refractivity contribution in [1.29, 1.82) is 0 Å². The molecule has 2 N–H and O–H groups in total. The molecule has 0 radical (unpaired) electrons. The summed E-state index contributed by atoms with van der Waals surface area (Å²) in [5.41, 5.74) is 3.51. The number of benzene rings is 1. The van der Waals surface area contributed by atoms with Crippen LogP contribution < -0.4 is 5.48 Å². The van der Waals surface area contributed by atoms with Crippen molar-refractivity contribution >= 4 is 16.9 Å². The number of rotatable bonds is 6. The third kappa shape index (κ3) is 4.67. The van der Waals surface area contributed by atoms with Crippen molar-refractivity contribution in [3.8, 4) is 0 Å². The lowest BCUT2D eigenvalue weighted by atomic mass is 9.67. The fourth-order valence-electron chi connectivity index (χ4n) is 5.46. The van der Waals surface area contributed by atoms with Gasteiger partial charge in [0.05, 0.1) is 5.41 Å². The lowest BCUT2D eigenvalue weighted by Gasteiger charge is -2.47. The summed E-state index contributed by atoms with van der Waals surface area (Å²) in [4.78, 5) is 18.2. The number of hydrogen-bond donors (Lipinski definition) is 2. The van der Waals surface area contributed by atoms with Crippen molar-refractivity contribution in [2.24, 2.45) is 5.41 Å². The van der Waals surface area contributed by atoms with E-state index in [1.54, 1.807) is 17.6 Å². The zero-order chi connectivity index (χ0) is 24.6. The summed E-state index contributed by atoms with van der Waals surface area (Å²) in [5, 5.41) is 9.78. The van der Waals surface area contributed by atoms with Gasteiger partial charge in [0, 0.05) is 36.4 Å². The summed E-state index contributed by atoms with van der Waals surface area (Å²) in [6.45, 7) is 2.10. The molecule has 1 aliphatic carbocycles. The highest BCUT2D eigenvalue weighted by molar-refractivity contribution is 5.93. The number of hydrogen-bond acceptors (Lipinski definition) is 4. The van der Waals surface area contributed by atoms with Gasteiger partial charge in [-0.2, -0.15) is 13.2 Å². The van der Waals surface area contributed by atoms with Crippen molar-refractivity contribution in [2.75, 3.05) is 19.6 Å². The maximum atomic E-state index is 13.5. The van der Waals surface area contributed by atoms with Crippen molar-refractivity contribution in [3.63, 3.8) is 0 Å². The highest BCUT2D eigenvalue weighted by Crippen LogP contribution is 2.53. The number of carbonyl (C=O) groups excluding carboxylic acids is 1. The molecule has 1 saturated carbocycles. The van der Waals surface area contributed by atoms with E-state index in [9.17, 15) is 18.0 Å². The van der Waals surface area contributed by atoms with Gasteiger partial charge in [-0.05, 0) is 80.1 Å². The van der Waals surface area contributed by atoms with Crippen molar-refractivity contribution in [2.45, 2.75) is 50.7 Å². The lowest BCUT2D eigenvalue weighted by molar-refractivity contribution is -0.256. The van der Waals surface area contributed by atoms with Crippen LogP contribution in [0.25, 0.3) is 11.0 Å². The van der Waals surface area contributed by atoms with Gasteiger partial charge in [0.25, 0.3) is 5.91 Å². The standard InChI is InChI=1S/C26H29F3N4O2/c27-26(28,29)25(9-1-10-25)17-32-11-6-19(7-12-32)22-14-21-8-13-33(23(21)30-15-22)16-18-2-4-20(5-3-18)24(34)31-35/h2-5,8,13-15,19,35H,1,6-7,9-12,16-17H2,(H,31,34). The largest absolute Gasteiger partial charge is 0.395 e. The number of fused-ring (bicyclic) bond motifs is 1. The van der Waals surface area contributed by atoms with Gasteiger partial charge in [-0.15, -0.1) is 0 Å². The van der Waals surface area contributed by atoms with Crippen molar-refractivity contribution < 1.29 is 23.2 Å². The van der Waals surface area contributed by atoms with E-state index >= 15 is 0 Å². The Balaban J connectivity index is 1.22. The molecule has 1 aromatic carbocycles. The third-order valence-corrected chi connectivity index (χ3v) is 7.79. The van der Waals surface area contributed by atoms with Crippen LogP contribution in [0.5, 0.6) is 0 Å². The lowest BCUT2D eigenvalue weighted by Crippen LogP contribution is -2.53. The number of pyridine rings is 1. The molecular formula is C26H29F3N4O2. The van der Waals surface area contributed by atoms with Crippen molar-refractivity contribution in [1.82, 2.24) is 19.9 Å². The fraction of sp³-hybridized carbons (Fsp3) is 0.462. The molecular weight excluding hydrogens is 457 g/mol. The first kappa shape index (κ1) is 23.8. The maximum absolute atomic E-state index is 13.5. The molecule has 2 aromatic heterocycles. The molecule has 186 valence electrons. The third-order valence-electron chi connectivity index (χ3n) is 7.79. The van der Waals surface area contributed by atoms with E-state index in [1.807, 2.05) is 40.1 Å². The molecule has 2 aliphatic rings. The zero-order valence-corrected chi connectivity index (χ0v) is 19.4. The van der Waals surface area contributed by atoms with Crippen LogP contribution in [0.15, 0.2) is 48.8 Å². The van der Waals surface area contributed by atoms with E-state index in [0.29, 0.717) is 37.5 Å². The van der Waals surface area contributed by atoms with Gasteiger partial charge >= 0.3 is 6.18 Å². The summed E-state index contributed by atoms with van der Waals surface area (Å²) in [5.74, 6) is -0.245. The van der Waals surface area contributed by atoms with Crippen LogP contribution in [0.2, 0.25) is 0 Å². The molecule has 3 heterocycles. The van der Waals surface area contributed by atoms with Gasteiger partial charge in [0.15, 0.2) is 0 Å². The number of likely N-dealkylation sites (tertiary alicyclic amines) is 1. The highest BCUT2D eigenvalue weighted by Gasteiger charge is 2.58. The average molecular weight is 487 g/mol. The van der Waals surface area contributed by atoms with Gasteiger partial charge < -0.3 is 9.47 Å². The van der Waals surface area contributed by atoms with Gasteiger partial charge in [-0.25, -0.2) is 10.5 Å². The molecule has 6 nitrogen and oxygen atoms in total. The number of hydroxylamine groups is 1. The van der Waals surface area contributed by atoms with Gasteiger partial charge in [0.2, 0.25) is 0 Å². The highest BCUT2D eigenvalue weighted by atomic mass is 19.4. The quantitative estimate of drug-likeness (QED) is 0.375. The molecule has 35 heavy (non-hydrogen) atoms. The Morgan fingerprint density at radius 2 is 1.86 bits per heavy atom. The minimum absolute atomic E-state index is 0.134. The Labute approximate surface area is 201 Å². The van der Waals surface area contributed by atoms with Gasteiger partial charge in [-0.1, -0.05) is 18.6 Å². The number of nitrogens with zero attached hydrogens (tertiary/aromatic N) is 3. The number of carbonyl (C=O) groups is 1. The van der Waals surface area contributed by atoms with Crippen LogP contribution in [-0.4, -0.2) is 51.4 Å². The predicted molar refractivity (Wildman–Crippen MR) is 125 cm³/mol. The Morgan fingerprint density at radius 3 is 2.46 bits per heavy atom. The second-order valence-electron chi connectivity index (χ2n) is 9.95. The predicted octanol–water partition coefficient (Wildman–Crippen LogP) is 5.12.